The summed E-state index contributed by atoms with van der Waals surface area (Å²) in [5, 5.41) is 25.3. The Morgan fingerprint density at radius 2 is 1.90 bits per heavy atom. The number of hydrogen-bond donors (Lipinski definition) is 2. The maximum atomic E-state index is 11.4. The summed E-state index contributed by atoms with van der Waals surface area (Å²) in [4.78, 5) is 15.7. The van der Waals surface area contributed by atoms with E-state index in [4.69, 9.17) is 16.6 Å². The van der Waals surface area contributed by atoms with Gasteiger partial charge in [-0.2, -0.15) is 0 Å². The van der Waals surface area contributed by atoms with Crippen LogP contribution in [0.25, 0.3) is 0 Å². The molecular weight excluding hydrogens is 482 g/mol. The van der Waals surface area contributed by atoms with Crippen molar-refractivity contribution in [1.82, 2.24) is 5.32 Å². The molecule has 3 aromatic rings. The van der Waals surface area contributed by atoms with Gasteiger partial charge in [-0.1, -0.05) is 63.4 Å². The average molecular weight is 501 g/mol. The lowest BCUT2D eigenvalue weighted by Crippen LogP contribution is -2.33. The topological polar surface area (TPSA) is 87.8 Å². The molecule has 1 aliphatic heterocycles. The summed E-state index contributed by atoms with van der Waals surface area (Å²) in [5.74, 6) is 0.173. The van der Waals surface area contributed by atoms with Crippen molar-refractivity contribution in [2.24, 2.45) is 4.99 Å². The molecule has 1 aliphatic rings. The van der Waals surface area contributed by atoms with Crippen molar-refractivity contribution in [1.29, 1.82) is 0 Å². The predicted octanol–water partition coefficient (Wildman–Crippen LogP) is 6.25. The molecule has 0 fully saturated rings. The highest BCUT2D eigenvalue weighted by Crippen LogP contribution is 2.37. The summed E-state index contributed by atoms with van der Waals surface area (Å²) >= 11 is 9.46. The Bertz CT molecular complexity index is 1180. The Labute approximate surface area is 192 Å². The van der Waals surface area contributed by atoms with Gasteiger partial charge in [0.25, 0.3) is 5.69 Å². The average Bonchev–Trinajstić information content (AvgIpc) is 2.75. The fourth-order valence-corrected chi connectivity index (χ4v) is 4.21. The maximum absolute atomic E-state index is 11.4. The summed E-state index contributed by atoms with van der Waals surface area (Å²) in [7, 11) is 0. The van der Waals surface area contributed by atoms with E-state index in [2.05, 4.69) is 21.2 Å². The molecule has 0 aliphatic carbocycles. The monoisotopic (exact) mass is 499 g/mol. The van der Waals surface area contributed by atoms with Crippen molar-refractivity contribution >= 4 is 38.9 Å². The van der Waals surface area contributed by atoms with E-state index in [9.17, 15) is 15.2 Å². The van der Waals surface area contributed by atoms with Crippen LogP contribution in [0.2, 0.25) is 5.02 Å². The summed E-state index contributed by atoms with van der Waals surface area (Å²) in [6, 6.07) is 17.8. The second-order valence-electron chi connectivity index (χ2n) is 7.44. The van der Waals surface area contributed by atoms with Crippen molar-refractivity contribution in [3.63, 3.8) is 0 Å². The minimum atomic E-state index is -0.538. The summed E-state index contributed by atoms with van der Waals surface area (Å²) in [6.45, 7) is 2.02. The van der Waals surface area contributed by atoms with Gasteiger partial charge in [0.1, 0.15) is 16.9 Å². The molecule has 0 aromatic heterocycles. The van der Waals surface area contributed by atoms with Crippen LogP contribution in [-0.4, -0.2) is 15.7 Å². The number of benzene rings is 3. The van der Waals surface area contributed by atoms with Gasteiger partial charge in [-0.3, -0.25) is 20.4 Å². The molecule has 2 N–H and O–H groups in total. The quantitative estimate of drug-likeness (QED) is 0.327. The third-order valence-corrected chi connectivity index (χ3v) is 6.09. The molecule has 8 heteroatoms. The molecule has 3 aromatic carbocycles. The van der Waals surface area contributed by atoms with E-state index in [0.717, 1.165) is 26.9 Å². The molecule has 6 nitrogen and oxygen atoms in total. The molecule has 0 amide bonds. The molecule has 2 unspecified atom stereocenters. The van der Waals surface area contributed by atoms with Crippen molar-refractivity contribution in [2.45, 2.75) is 25.6 Å². The number of aryl methyl sites for hydroxylation is 1. The zero-order valence-corrected chi connectivity index (χ0v) is 18.9. The van der Waals surface area contributed by atoms with Crippen LogP contribution >= 0.6 is 27.5 Å². The second-order valence-corrected chi connectivity index (χ2v) is 8.76. The van der Waals surface area contributed by atoms with Crippen molar-refractivity contribution in [2.75, 3.05) is 0 Å². The lowest BCUT2D eigenvalue weighted by molar-refractivity contribution is -0.384. The minimum Gasteiger partial charge on any atom is -0.508 e. The lowest BCUT2D eigenvalue weighted by atomic mass is 9.93. The third-order valence-electron chi connectivity index (χ3n) is 5.27. The van der Waals surface area contributed by atoms with Gasteiger partial charge in [-0.05, 0) is 42.3 Å². The van der Waals surface area contributed by atoms with E-state index in [1.54, 1.807) is 18.2 Å². The molecule has 158 valence electrons. The second kappa shape index (κ2) is 8.78. The van der Waals surface area contributed by atoms with Crippen LogP contribution in [0.5, 0.6) is 5.75 Å². The minimum absolute atomic E-state index is 0.0773. The van der Waals surface area contributed by atoms with Gasteiger partial charge in [-0.25, -0.2) is 0 Å². The first-order chi connectivity index (χ1) is 14.8. The molecule has 0 spiro atoms. The number of rotatable bonds is 4. The maximum Gasteiger partial charge on any atom is 0.288 e. The number of aromatic hydroxyl groups is 1. The first kappa shape index (κ1) is 21.5. The van der Waals surface area contributed by atoms with E-state index in [-0.39, 0.29) is 22.5 Å². The zero-order valence-electron chi connectivity index (χ0n) is 16.5. The number of nitrogens with zero attached hydrogens (tertiary/aromatic N) is 2. The Kier molecular flexibility index (Phi) is 6.09. The Hall–Kier alpha value is -2.74. The highest BCUT2D eigenvalue weighted by molar-refractivity contribution is 9.10. The Morgan fingerprint density at radius 1 is 1.16 bits per heavy atom. The molecule has 31 heavy (non-hydrogen) atoms. The molecule has 4 rings (SSSR count). The van der Waals surface area contributed by atoms with Gasteiger partial charge in [0.05, 0.1) is 4.92 Å². The highest BCUT2D eigenvalue weighted by atomic mass is 79.9. The van der Waals surface area contributed by atoms with E-state index >= 15 is 0 Å². The van der Waals surface area contributed by atoms with Gasteiger partial charge in [-0.15, -0.1) is 0 Å². The highest BCUT2D eigenvalue weighted by Gasteiger charge is 2.29. The van der Waals surface area contributed by atoms with Crippen LogP contribution in [0.1, 0.15) is 40.9 Å². The van der Waals surface area contributed by atoms with Crippen LogP contribution in [0.15, 0.2) is 70.1 Å². The SMILES string of the molecule is Cc1ccc(C2=NC(c3ccc(Cl)c([N+](=O)[O-])c3)NC(c3cc(Br)ccc3O)C2)cc1. The summed E-state index contributed by atoms with van der Waals surface area (Å²) in [6.07, 6.45) is 0.0172. The number of nitro benzene ring substituents is 1. The standard InChI is InChI=1S/C23H19BrClN3O3/c1-13-2-4-14(5-3-13)19-12-20(17-11-16(24)7-9-22(17)29)27-23(26-19)15-6-8-18(25)21(10-15)28(30)31/h2-11,20,23,27,29H,12H2,1H3. The van der Waals surface area contributed by atoms with E-state index in [0.29, 0.717) is 12.0 Å². The molecular formula is C23H19BrClN3O3. The van der Waals surface area contributed by atoms with Gasteiger partial charge < -0.3 is 5.11 Å². The predicted molar refractivity (Wildman–Crippen MR) is 125 cm³/mol. The molecule has 0 bridgehead atoms. The molecule has 2 atom stereocenters. The van der Waals surface area contributed by atoms with Gasteiger partial charge in [0, 0.05) is 34.3 Å². The van der Waals surface area contributed by atoms with Crippen LogP contribution in [-0.2, 0) is 0 Å². The number of aliphatic imine (C=N–C) groups is 1. The molecule has 0 saturated heterocycles. The first-order valence-electron chi connectivity index (χ1n) is 9.64. The summed E-state index contributed by atoms with van der Waals surface area (Å²) < 4.78 is 0.847. The van der Waals surface area contributed by atoms with Crippen molar-refractivity contribution < 1.29 is 10.0 Å². The van der Waals surface area contributed by atoms with E-state index in [1.165, 1.54) is 12.1 Å². The Morgan fingerprint density at radius 3 is 2.61 bits per heavy atom. The van der Waals surface area contributed by atoms with E-state index in [1.807, 2.05) is 37.3 Å². The smallest absolute Gasteiger partial charge is 0.288 e. The number of phenolic OH excluding ortho intramolecular Hbond substituents is 1. The lowest BCUT2D eigenvalue weighted by Gasteiger charge is -2.31. The number of nitro groups is 1. The van der Waals surface area contributed by atoms with Gasteiger partial charge in [0.2, 0.25) is 0 Å². The zero-order chi connectivity index (χ0) is 22.1. The normalized spacial score (nSPS) is 18.5. The van der Waals surface area contributed by atoms with E-state index < -0.39 is 11.1 Å². The third kappa shape index (κ3) is 4.63. The number of hydrogen-bond acceptors (Lipinski definition) is 5. The number of nitrogens with one attached hydrogen (secondary N) is 1. The number of phenols is 1. The fraction of sp³-hybridized carbons (Fsp3) is 0.174. The van der Waals surface area contributed by atoms with Crippen LogP contribution < -0.4 is 5.32 Å². The fourth-order valence-electron chi connectivity index (χ4n) is 3.64. The first-order valence-corrected chi connectivity index (χ1v) is 10.8. The number of halogens is 2. The van der Waals surface area contributed by atoms with Crippen molar-refractivity contribution in [3.05, 3.63) is 103 Å². The van der Waals surface area contributed by atoms with Gasteiger partial charge >= 0.3 is 0 Å². The summed E-state index contributed by atoms with van der Waals surface area (Å²) in [5.41, 5.74) is 4.15. The van der Waals surface area contributed by atoms with Crippen LogP contribution in [0, 0.1) is 17.0 Å². The largest absolute Gasteiger partial charge is 0.508 e. The molecule has 0 radical (unpaired) electrons. The van der Waals surface area contributed by atoms with Gasteiger partial charge in [0.15, 0.2) is 0 Å². The Balaban J connectivity index is 1.80. The molecule has 0 saturated carbocycles. The van der Waals surface area contributed by atoms with Crippen LogP contribution in [0.4, 0.5) is 5.69 Å². The van der Waals surface area contributed by atoms with Crippen LogP contribution in [0.3, 0.4) is 0 Å². The van der Waals surface area contributed by atoms with Crippen molar-refractivity contribution in [3.8, 4) is 5.75 Å². The molecule has 1 heterocycles.